The predicted octanol–water partition coefficient (Wildman–Crippen LogP) is 2.72. The van der Waals surface area contributed by atoms with Gasteiger partial charge in [0.15, 0.2) is 0 Å². The van der Waals surface area contributed by atoms with Gasteiger partial charge < -0.3 is 5.32 Å². The number of amides is 1. The molecule has 1 fully saturated rings. The van der Waals surface area contributed by atoms with Crippen LogP contribution in [0.15, 0.2) is 0 Å². The van der Waals surface area contributed by atoms with Crippen molar-refractivity contribution in [3.8, 4) is 6.07 Å². The zero-order chi connectivity index (χ0) is 12.7. The molecule has 17 heavy (non-hydrogen) atoms. The lowest BCUT2D eigenvalue weighted by Gasteiger charge is -2.30. The first-order valence-corrected chi connectivity index (χ1v) is 7.75. The minimum atomic E-state index is -0.744. The maximum absolute atomic E-state index is 12.2. The van der Waals surface area contributed by atoms with Gasteiger partial charge in [-0.25, -0.2) is 0 Å². The zero-order valence-electron chi connectivity index (χ0n) is 10.8. The molecular weight excluding hydrogens is 232 g/mol. The average Bonchev–Trinajstić information content (AvgIpc) is 2.37. The lowest BCUT2D eigenvalue weighted by atomic mass is 9.74. The standard InChI is InChI=1S/C13H22N2OS/c1-11(6-9-17-2)15-12(16)13(10-14)7-4-3-5-8-13/h11H,3-9H2,1-2H3,(H,15,16). The Bertz CT molecular complexity index is 292. The first-order valence-electron chi connectivity index (χ1n) is 6.36. The summed E-state index contributed by atoms with van der Waals surface area (Å²) in [7, 11) is 0. The number of thioether (sulfide) groups is 1. The van der Waals surface area contributed by atoms with Crippen LogP contribution in [0.1, 0.15) is 45.4 Å². The van der Waals surface area contributed by atoms with Crippen LogP contribution in [0.25, 0.3) is 0 Å². The molecule has 1 N–H and O–H groups in total. The van der Waals surface area contributed by atoms with E-state index in [1.54, 1.807) is 11.8 Å². The van der Waals surface area contributed by atoms with Gasteiger partial charge >= 0.3 is 0 Å². The lowest BCUT2D eigenvalue weighted by Crippen LogP contribution is -2.45. The van der Waals surface area contributed by atoms with E-state index in [1.165, 1.54) is 0 Å². The highest BCUT2D eigenvalue weighted by molar-refractivity contribution is 7.98. The number of hydrogen-bond donors (Lipinski definition) is 1. The molecule has 0 spiro atoms. The fourth-order valence-electron chi connectivity index (χ4n) is 2.27. The summed E-state index contributed by atoms with van der Waals surface area (Å²) >= 11 is 1.78. The van der Waals surface area contributed by atoms with Gasteiger partial charge in [0.2, 0.25) is 5.91 Å². The van der Waals surface area contributed by atoms with E-state index in [-0.39, 0.29) is 11.9 Å². The summed E-state index contributed by atoms with van der Waals surface area (Å²) in [6, 6.07) is 2.43. The number of hydrogen-bond acceptors (Lipinski definition) is 3. The Hall–Kier alpha value is -0.690. The Kier molecular flexibility index (Phi) is 5.84. The van der Waals surface area contributed by atoms with Crippen molar-refractivity contribution in [3.05, 3.63) is 0 Å². The molecule has 96 valence electrons. The molecule has 4 heteroatoms. The molecule has 0 aromatic heterocycles. The van der Waals surface area contributed by atoms with E-state index in [9.17, 15) is 10.1 Å². The van der Waals surface area contributed by atoms with Crippen LogP contribution in [0.4, 0.5) is 0 Å². The second kappa shape index (κ2) is 6.90. The second-order valence-electron chi connectivity index (χ2n) is 4.91. The highest BCUT2D eigenvalue weighted by Crippen LogP contribution is 2.35. The maximum atomic E-state index is 12.2. The molecule has 0 radical (unpaired) electrons. The molecule has 0 saturated heterocycles. The summed E-state index contributed by atoms with van der Waals surface area (Å²) in [5.41, 5.74) is -0.744. The van der Waals surface area contributed by atoms with Crippen molar-refractivity contribution in [2.75, 3.05) is 12.0 Å². The highest BCUT2D eigenvalue weighted by Gasteiger charge is 2.40. The smallest absolute Gasteiger partial charge is 0.240 e. The number of carbonyl (C=O) groups excluding carboxylic acids is 1. The van der Waals surface area contributed by atoms with Gasteiger partial charge in [0.05, 0.1) is 6.07 Å². The van der Waals surface area contributed by atoms with Crippen LogP contribution >= 0.6 is 11.8 Å². The molecule has 1 rings (SSSR count). The van der Waals surface area contributed by atoms with E-state index in [0.717, 1.165) is 44.3 Å². The van der Waals surface area contributed by atoms with Crippen molar-refractivity contribution in [3.63, 3.8) is 0 Å². The van der Waals surface area contributed by atoms with Gasteiger partial charge in [-0.1, -0.05) is 19.3 Å². The summed E-state index contributed by atoms with van der Waals surface area (Å²) in [6.07, 6.45) is 7.63. The van der Waals surface area contributed by atoms with Crippen LogP contribution in [0, 0.1) is 16.7 Å². The number of nitrogens with zero attached hydrogens (tertiary/aromatic N) is 1. The van der Waals surface area contributed by atoms with Gasteiger partial charge in [0.25, 0.3) is 0 Å². The molecule has 0 aliphatic heterocycles. The van der Waals surface area contributed by atoms with Gasteiger partial charge in [-0.2, -0.15) is 17.0 Å². The van der Waals surface area contributed by atoms with Gasteiger partial charge in [0, 0.05) is 6.04 Å². The second-order valence-corrected chi connectivity index (χ2v) is 5.90. The molecule has 3 nitrogen and oxygen atoms in total. The molecule has 1 atom stereocenters. The summed E-state index contributed by atoms with van der Waals surface area (Å²) in [5.74, 6) is 0.995. The van der Waals surface area contributed by atoms with Crippen molar-refractivity contribution in [2.45, 2.75) is 51.5 Å². The summed E-state index contributed by atoms with van der Waals surface area (Å²) < 4.78 is 0. The van der Waals surface area contributed by atoms with E-state index in [1.807, 2.05) is 6.92 Å². The van der Waals surface area contributed by atoms with Gasteiger partial charge in [-0.05, 0) is 38.2 Å². The largest absolute Gasteiger partial charge is 0.352 e. The van der Waals surface area contributed by atoms with Gasteiger partial charge in [-0.3, -0.25) is 4.79 Å². The third-order valence-electron chi connectivity index (χ3n) is 3.49. The number of rotatable bonds is 5. The fraction of sp³-hybridized carbons (Fsp3) is 0.846. The first-order chi connectivity index (χ1) is 8.14. The summed E-state index contributed by atoms with van der Waals surface area (Å²) in [6.45, 7) is 2.02. The zero-order valence-corrected chi connectivity index (χ0v) is 11.6. The van der Waals surface area contributed by atoms with Crippen LogP contribution in [0.5, 0.6) is 0 Å². The van der Waals surface area contributed by atoms with E-state index in [2.05, 4.69) is 17.6 Å². The molecule has 0 bridgehead atoms. The summed E-state index contributed by atoms with van der Waals surface area (Å²) in [4.78, 5) is 12.2. The van der Waals surface area contributed by atoms with Crippen LogP contribution < -0.4 is 5.32 Å². The molecule has 0 aromatic rings. The van der Waals surface area contributed by atoms with E-state index >= 15 is 0 Å². The average molecular weight is 254 g/mol. The van der Waals surface area contributed by atoms with Crippen LogP contribution in [0.2, 0.25) is 0 Å². The Labute approximate surface area is 108 Å². The van der Waals surface area contributed by atoms with E-state index in [4.69, 9.17) is 0 Å². The lowest BCUT2D eigenvalue weighted by molar-refractivity contribution is -0.130. The molecule has 0 aromatic carbocycles. The van der Waals surface area contributed by atoms with Crippen LogP contribution in [0.3, 0.4) is 0 Å². The van der Waals surface area contributed by atoms with Crippen molar-refractivity contribution >= 4 is 17.7 Å². The van der Waals surface area contributed by atoms with E-state index < -0.39 is 5.41 Å². The number of nitrogens with one attached hydrogen (secondary N) is 1. The van der Waals surface area contributed by atoms with Crippen molar-refractivity contribution < 1.29 is 4.79 Å². The molecule has 1 aliphatic rings. The molecule has 1 aliphatic carbocycles. The quantitative estimate of drug-likeness (QED) is 0.820. The molecule has 1 unspecified atom stereocenters. The highest BCUT2D eigenvalue weighted by atomic mass is 32.2. The summed E-state index contributed by atoms with van der Waals surface area (Å²) in [5, 5.41) is 12.3. The minimum absolute atomic E-state index is 0.0479. The van der Waals surface area contributed by atoms with Gasteiger partial charge in [0.1, 0.15) is 5.41 Å². The molecule has 1 saturated carbocycles. The molecule has 0 heterocycles. The topological polar surface area (TPSA) is 52.9 Å². The normalized spacial score (nSPS) is 20.3. The van der Waals surface area contributed by atoms with Crippen LogP contribution in [-0.4, -0.2) is 24.0 Å². The van der Waals surface area contributed by atoms with Crippen molar-refractivity contribution in [1.29, 1.82) is 5.26 Å². The monoisotopic (exact) mass is 254 g/mol. The minimum Gasteiger partial charge on any atom is -0.352 e. The Morgan fingerprint density at radius 1 is 1.47 bits per heavy atom. The Morgan fingerprint density at radius 2 is 2.12 bits per heavy atom. The van der Waals surface area contributed by atoms with Crippen molar-refractivity contribution in [2.24, 2.45) is 5.41 Å². The predicted molar refractivity (Wildman–Crippen MR) is 71.7 cm³/mol. The SMILES string of the molecule is CSCCC(C)NC(=O)C1(C#N)CCCCC1. The van der Waals surface area contributed by atoms with Crippen LogP contribution in [-0.2, 0) is 4.79 Å². The number of carbonyl (C=O) groups is 1. The Balaban J connectivity index is 2.52. The van der Waals surface area contributed by atoms with Gasteiger partial charge in [-0.15, -0.1) is 0 Å². The number of nitriles is 1. The molecule has 1 amide bonds. The third-order valence-corrected chi connectivity index (χ3v) is 4.13. The molecular formula is C13H22N2OS. The van der Waals surface area contributed by atoms with Crippen molar-refractivity contribution in [1.82, 2.24) is 5.32 Å². The Morgan fingerprint density at radius 3 is 2.65 bits per heavy atom. The van der Waals surface area contributed by atoms with E-state index in [0.29, 0.717) is 0 Å². The fourth-order valence-corrected chi connectivity index (χ4v) is 2.86. The third kappa shape index (κ3) is 3.92. The maximum Gasteiger partial charge on any atom is 0.240 e. The first kappa shape index (κ1) is 14.4.